The van der Waals surface area contributed by atoms with Crippen molar-refractivity contribution in [2.75, 3.05) is 26.7 Å². The van der Waals surface area contributed by atoms with E-state index in [4.69, 9.17) is 0 Å². The fraction of sp³-hybridized carbons (Fsp3) is 1.00. The molecule has 0 aromatic carbocycles. The molecule has 2 heteroatoms. The fourth-order valence-corrected chi connectivity index (χ4v) is 3.90. The van der Waals surface area contributed by atoms with E-state index in [1.165, 1.54) is 58.2 Å². The zero-order valence-electron chi connectivity index (χ0n) is 13.5. The lowest BCUT2D eigenvalue weighted by molar-refractivity contribution is 0.213. The highest BCUT2D eigenvalue weighted by molar-refractivity contribution is 4.82. The molecular weight excluding hydrogens is 232 g/mol. The van der Waals surface area contributed by atoms with Crippen molar-refractivity contribution in [2.24, 2.45) is 17.3 Å². The minimum absolute atomic E-state index is 0.503. The molecule has 1 heterocycles. The molecule has 0 spiro atoms. The summed E-state index contributed by atoms with van der Waals surface area (Å²) < 4.78 is 0. The third-order valence-electron chi connectivity index (χ3n) is 5.38. The lowest BCUT2D eigenvalue weighted by atomic mass is 9.76. The maximum atomic E-state index is 3.87. The fourth-order valence-electron chi connectivity index (χ4n) is 3.90. The first kappa shape index (κ1) is 15.3. The Balaban J connectivity index is 1.71. The molecular formula is C17H34N2. The first-order valence-electron chi connectivity index (χ1n) is 8.37. The number of likely N-dealkylation sites (tertiary alicyclic amines) is 1. The molecule has 1 saturated heterocycles. The van der Waals surface area contributed by atoms with Gasteiger partial charge in [-0.2, -0.15) is 0 Å². The summed E-state index contributed by atoms with van der Waals surface area (Å²) in [7, 11) is 2.25. The van der Waals surface area contributed by atoms with E-state index >= 15 is 0 Å². The van der Waals surface area contributed by atoms with Crippen LogP contribution in [-0.4, -0.2) is 37.6 Å². The molecule has 2 nitrogen and oxygen atoms in total. The van der Waals surface area contributed by atoms with Crippen LogP contribution in [0.1, 0.15) is 59.3 Å². The Bertz CT molecular complexity index is 269. The zero-order chi connectivity index (χ0) is 13.9. The summed E-state index contributed by atoms with van der Waals surface area (Å²) in [5, 5.41) is 3.87. The van der Waals surface area contributed by atoms with Crippen LogP contribution in [0, 0.1) is 17.3 Å². The summed E-state index contributed by atoms with van der Waals surface area (Å²) in [6, 6.07) is 0.790. The van der Waals surface area contributed by atoms with Crippen molar-refractivity contribution in [2.45, 2.75) is 65.3 Å². The summed E-state index contributed by atoms with van der Waals surface area (Å²) in [4.78, 5) is 2.47. The Morgan fingerprint density at radius 1 is 1.05 bits per heavy atom. The summed E-state index contributed by atoms with van der Waals surface area (Å²) >= 11 is 0. The molecule has 112 valence electrons. The Hall–Kier alpha value is -0.0800. The number of hydrogen-bond donors (Lipinski definition) is 1. The van der Waals surface area contributed by atoms with Crippen molar-refractivity contribution in [1.29, 1.82) is 0 Å². The molecule has 2 aliphatic rings. The predicted molar refractivity (Wildman–Crippen MR) is 83.4 cm³/mol. The van der Waals surface area contributed by atoms with Crippen LogP contribution in [0.5, 0.6) is 0 Å². The van der Waals surface area contributed by atoms with E-state index in [0.29, 0.717) is 5.41 Å². The maximum absolute atomic E-state index is 3.87. The molecule has 0 radical (unpaired) electrons. The van der Waals surface area contributed by atoms with E-state index in [1.54, 1.807) is 0 Å². The van der Waals surface area contributed by atoms with Crippen LogP contribution in [0.3, 0.4) is 0 Å². The highest BCUT2D eigenvalue weighted by atomic mass is 15.1. The van der Waals surface area contributed by atoms with E-state index in [0.717, 1.165) is 17.9 Å². The summed E-state index contributed by atoms with van der Waals surface area (Å²) in [5.74, 6) is 1.82. The van der Waals surface area contributed by atoms with Gasteiger partial charge in [0.25, 0.3) is 0 Å². The van der Waals surface area contributed by atoms with Crippen molar-refractivity contribution in [3.8, 4) is 0 Å². The van der Waals surface area contributed by atoms with E-state index in [-0.39, 0.29) is 0 Å². The van der Waals surface area contributed by atoms with Crippen LogP contribution in [-0.2, 0) is 0 Å². The number of rotatable bonds is 3. The largest absolute Gasteiger partial charge is 0.314 e. The Kier molecular flexibility index (Phi) is 5.30. The lowest BCUT2D eigenvalue weighted by Crippen LogP contribution is -2.34. The second kappa shape index (κ2) is 6.58. The second-order valence-corrected chi connectivity index (χ2v) is 8.09. The van der Waals surface area contributed by atoms with Gasteiger partial charge in [0, 0.05) is 12.6 Å². The second-order valence-electron chi connectivity index (χ2n) is 8.09. The van der Waals surface area contributed by atoms with Gasteiger partial charge in [0.2, 0.25) is 0 Å². The Morgan fingerprint density at radius 3 is 2.47 bits per heavy atom. The number of nitrogens with one attached hydrogen (secondary N) is 1. The molecule has 1 aliphatic carbocycles. The standard InChI is InChI=1S/C17H34N2/c1-17(2,3)15-6-5-7-16(9-8-15)18-12-14-10-11-19(4)13-14/h14-16,18H,5-13H2,1-4H3. The molecule has 3 unspecified atom stereocenters. The lowest BCUT2D eigenvalue weighted by Gasteiger charge is -2.29. The van der Waals surface area contributed by atoms with Gasteiger partial charge in [-0.25, -0.2) is 0 Å². The molecule has 1 saturated carbocycles. The van der Waals surface area contributed by atoms with Gasteiger partial charge in [-0.1, -0.05) is 27.2 Å². The van der Waals surface area contributed by atoms with Crippen molar-refractivity contribution >= 4 is 0 Å². The number of hydrogen-bond acceptors (Lipinski definition) is 2. The molecule has 1 aliphatic heterocycles. The molecule has 0 bridgehead atoms. The van der Waals surface area contributed by atoms with Gasteiger partial charge in [-0.05, 0) is 69.5 Å². The highest BCUT2D eigenvalue weighted by Crippen LogP contribution is 2.36. The Labute approximate surface area is 120 Å². The van der Waals surface area contributed by atoms with Gasteiger partial charge >= 0.3 is 0 Å². The van der Waals surface area contributed by atoms with Gasteiger partial charge in [0.1, 0.15) is 0 Å². The SMILES string of the molecule is CN1CCC(CNC2CCCC(C(C)(C)C)CC2)C1. The van der Waals surface area contributed by atoms with Crippen LogP contribution in [0.15, 0.2) is 0 Å². The molecule has 19 heavy (non-hydrogen) atoms. The van der Waals surface area contributed by atoms with Crippen LogP contribution in [0.2, 0.25) is 0 Å². The van der Waals surface area contributed by atoms with Crippen molar-refractivity contribution < 1.29 is 0 Å². The third-order valence-corrected chi connectivity index (χ3v) is 5.38. The maximum Gasteiger partial charge on any atom is 0.00672 e. The van der Waals surface area contributed by atoms with Gasteiger partial charge in [-0.15, -0.1) is 0 Å². The normalized spacial score (nSPS) is 34.4. The quantitative estimate of drug-likeness (QED) is 0.786. The minimum Gasteiger partial charge on any atom is -0.314 e. The van der Waals surface area contributed by atoms with E-state index in [9.17, 15) is 0 Å². The van der Waals surface area contributed by atoms with Crippen LogP contribution >= 0.6 is 0 Å². The monoisotopic (exact) mass is 266 g/mol. The third kappa shape index (κ3) is 4.75. The molecule has 1 N–H and O–H groups in total. The summed E-state index contributed by atoms with van der Waals surface area (Å²) in [6.45, 7) is 11.1. The molecule has 0 amide bonds. The molecule has 2 fully saturated rings. The molecule has 3 atom stereocenters. The van der Waals surface area contributed by atoms with Crippen molar-refractivity contribution in [3.05, 3.63) is 0 Å². The van der Waals surface area contributed by atoms with E-state index in [1.807, 2.05) is 0 Å². The van der Waals surface area contributed by atoms with Crippen LogP contribution in [0.25, 0.3) is 0 Å². The summed E-state index contributed by atoms with van der Waals surface area (Å²) in [6.07, 6.45) is 8.46. The average molecular weight is 266 g/mol. The van der Waals surface area contributed by atoms with Crippen LogP contribution in [0.4, 0.5) is 0 Å². The van der Waals surface area contributed by atoms with E-state index in [2.05, 4.69) is 38.0 Å². The molecule has 2 rings (SSSR count). The topological polar surface area (TPSA) is 15.3 Å². The number of nitrogens with zero attached hydrogens (tertiary/aromatic N) is 1. The van der Waals surface area contributed by atoms with Crippen LogP contribution < -0.4 is 5.32 Å². The first-order valence-corrected chi connectivity index (χ1v) is 8.37. The van der Waals surface area contributed by atoms with Crippen molar-refractivity contribution in [1.82, 2.24) is 10.2 Å². The molecule has 0 aromatic rings. The van der Waals surface area contributed by atoms with Gasteiger partial charge < -0.3 is 10.2 Å². The smallest absolute Gasteiger partial charge is 0.00672 e. The van der Waals surface area contributed by atoms with Crippen molar-refractivity contribution in [3.63, 3.8) is 0 Å². The van der Waals surface area contributed by atoms with Gasteiger partial charge in [0.05, 0.1) is 0 Å². The minimum atomic E-state index is 0.503. The first-order chi connectivity index (χ1) is 8.95. The van der Waals surface area contributed by atoms with Gasteiger partial charge in [0.15, 0.2) is 0 Å². The summed E-state index contributed by atoms with van der Waals surface area (Å²) in [5.41, 5.74) is 0.503. The average Bonchev–Trinajstić information content (AvgIpc) is 2.61. The Morgan fingerprint density at radius 2 is 1.84 bits per heavy atom. The zero-order valence-corrected chi connectivity index (χ0v) is 13.5. The van der Waals surface area contributed by atoms with Gasteiger partial charge in [-0.3, -0.25) is 0 Å². The predicted octanol–water partition coefficient (Wildman–Crippen LogP) is 3.52. The highest BCUT2D eigenvalue weighted by Gasteiger charge is 2.28. The molecule has 0 aromatic heterocycles. The van der Waals surface area contributed by atoms with E-state index < -0.39 is 0 Å².